The van der Waals surface area contributed by atoms with Gasteiger partial charge >= 0.3 is 12.0 Å². The number of carbonyl (C=O) groups excluding carboxylic acids is 1. The topological polar surface area (TPSA) is 81.7 Å². The van der Waals surface area contributed by atoms with Gasteiger partial charge < -0.3 is 20.6 Å². The molecule has 2 saturated heterocycles. The van der Waals surface area contributed by atoms with Gasteiger partial charge in [0.25, 0.3) is 0 Å². The van der Waals surface area contributed by atoms with Crippen LogP contribution in [0.3, 0.4) is 0 Å². The zero-order valence-corrected chi connectivity index (χ0v) is 11.4. The average Bonchev–Trinajstić information content (AvgIpc) is 2.39. The molecule has 0 radical (unpaired) electrons. The molecule has 3 N–H and O–H groups in total. The quantitative estimate of drug-likeness (QED) is 0.687. The Bertz CT molecular complexity index is 342. The van der Waals surface area contributed by atoms with Crippen molar-refractivity contribution >= 4 is 12.0 Å². The lowest BCUT2D eigenvalue weighted by molar-refractivity contribution is -0.143. The Hall–Kier alpha value is -1.30. The second kappa shape index (κ2) is 6.23. The summed E-state index contributed by atoms with van der Waals surface area (Å²) in [5.74, 6) is -1.05. The first-order valence-corrected chi connectivity index (χ1v) is 7.08. The molecule has 2 heterocycles. The molecule has 2 aliphatic heterocycles. The Balaban J connectivity index is 1.84. The van der Waals surface area contributed by atoms with Crippen LogP contribution in [0.2, 0.25) is 0 Å². The van der Waals surface area contributed by atoms with Crippen molar-refractivity contribution in [1.82, 2.24) is 15.5 Å². The number of hydrogen-bond acceptors (Lipinski definition) is 3. The fraction of sp³-hybridized carbons (Fsp3) is 0.846. The van der Waals surface area contributed by atoms with E-state index in [9.17, 15) is 9.59 Å². The fourth-order valence-electron chi connectivity index (χ4n) is 2.92. The minimum absolute atomic E-state index is 0.00318. The molecule has 0 aliphatic carbocycles. The van der Waals surface area contributed by atoms with Crippen molar-refractivity contribution in [3.63, 3.8) is 0 Å². The lowest BCUT2D eigenvalue weighted by Gasteiger charge is -2.37. The number of piperidine rings is 2. The lowest BCUT2D eigenvalue weighted by atomic mass is 9.92. The van der Waals surface area contributed by atoms with Crippen molar-refractivity contribution in [2.24, 2.45) is 5.92 Å². The molecule has 2 unspecified atom stereocenters. The Morgan fingerprint density at radius 3 is 2.53 bits per heavy atom. The average molecular weight is 269 g/mol. The Labute approximate surface area is 113 Å². The maximum Gasteiger partial charge on any atom is 0.317 e. The van der Waals surface area contributed by atoms with Crippen LogP contribution in [0.4, 0.5) is 4.79 Å². The first-order valence-electron chi connectivity index (χ1n) is 7.08. The molecule has 0 aromatic carbocycles. The molecule has 0 spiro atoms. The van der Waals surface area contributed by atoms with Gasteiger partial charge in [0.2, 0.25) is 0 Å². The van der Waals surface area contributed by atoms with Crippen molar-refractivity contribution in [1.29, 1.82) is 0 Å². The number of hydrogen-bond donors (Lipinski definition) is 3. The van der Waals surface area contributed by atoms with Crippen LogP contribution < -0.4 is 10.6 Å². The zero-order valence-electron chi connectivity index (χ0n) is 11.4. The summed E-state index contributed by atoms with van der Waals surface area (Å²) in [6, 6.07) is 0.206. The predicted octanol–water partition coefficient (Wildman–Crippen LogP) is 0.633. The smallest absolute Gasteiger partial charge is 0.317 e. The molecule has 2 fully saturated rings. The van der Waals surface area contributed by atoms with E-state index in [-0.39, 0.29) is 24.0 Å². The summed E-state index contributed by atoms with van der Waals surface area (Å²) in [4.78, 5) is 24.9. The number of urea groups is 1. The standard InChI is InChI=1S/C13H23N3O3/c1-9-8-10(12(17)18)4-7-16(9)13(19)15-11-2-5-14-6-3-11/h9-11,14H,2-8H2,1H3,(H,15,19)(H,17,18). The third-order valence-corrected chi connectivity index (χ3v) is 4.15. The van der Waals surface area contributed by atoms with E-state index in [4.69, 9.17) is 5.11 Å². The lowest BCUT2D eigenvalue weighted by Crippen LogP contribution is -2.53. The fourth-order valence-corrected chi connectivity index (χ4v) is 2.92. The Kier molecular flexibility index (Phi) is 4.63. The molecule has 0 aromatic rings. The summed E-state index contributed by atoms with van der Waals surface area (Å²) >= 11 is 0. The third-order valence-electron chi connectivity index (χ3n) is 4.15. The number of carboxylic acids is 1. The molecule has 6 nitrogen and oxygen atoms in total. The summed E-state index contributed by atoms with van der Waals surface area (Å²) in [5.41, 5.74) is 0. The van der Waals surface area contributed by atoms with Gasteiger partial charge in [-0.25, -0.2) is 4.79 Å². The van der Waals surface area contributed by atoms with Crippen LogP contribution in [-0.4, -0.2) is 53.7 Å². The van der Waals surface area contributed by atoms with Crippen LogP contribution in [0, 0.1) is 5.92 Å². The van der Waals surface area contributed by atoms with Gasteiger partial charge in [-0.2, -0.15) is 0 Å². The highest BCUT2D eigenvalue weighted by Crippen LogP contribution is 2.23. The number of nitrogens with zero attached hydrogens (tertiary/aromatic N) is 1. The highest BCUT2D eigenvalue weighted by molar-refractivity contribution is 5.76. The van der Waals surface area contributed by atoms with Gasteiger partial charge in [0.1, 0.15) is 0 Å². The first kappa shape index (κ1) is 14.1. The molecule has 108 valence electrons. The summed E-state index contributed by atoms with van der Waals surface area (Å²) in [6.07, 6.45) is 3.03. The van der Waals surface area contributed by atoms with Crippen molar-refractivity contribution < 1.29 is 14.7 Å². The molecule has 2 amide bonds. The maximum absolute atomic E-state index is 12.2. The van der Waals surface area contributed by atoms with E-state index in [2.05, 4.69) is 10.6 Å². The maximum atomic E-state index is 12.2. The number of likely N-dealkylation sites (tertiary alicyclic amines) is 1. The molecular weight excluding hydrogens is 246 g/mol. The predicted molar refractivity (Wildman–Crippen MR) is 71.0 cm³/mol. The van der Waals surface area contributed by atoms with Gasteiger partial charge in [0, 0.05) is 18.6 Å². The van der Waals surface area contributed by atoms with Gasteiger partial charge in [-0.3, -0.25) is 4.79 Å². The molecule has 19 heavy (non-hydrogen) atoms. The van der Waals surface area contributed by atoms with E-state index in [0.717, 1.165) is 25.9 Å². The number of carboxylic acid groups (broad SMARTS) is 1. The second-order valence-corrected chi connectivity index (χ2v) is 5.58. The summed E-state index contributed by atoms with van der Waals surface area (Å²) < 4.78 is 0. The Morgan fingerprint density at radius 1 is 1.26 bits per heavy atom. The van der Waals surface area contributed by atoms with Crippen molar-refractivity contribution in [2.45, 2.75) is 44.7 Å². The van der Waals surface area contributed by atoms with Gasteiger partial charge in [0.05, 0.1) is 5.92 Å². The number of rotatable bonds is 2. The highest BCUT2D eigenvalue weighted by atomic mass is 16.4. The van der Waals surface area contributed by atoms with E-state index in [1.807, 2.05) is 6.92 Å². The van der Waals surface area contributed by atoms with Gasteiger partial charge in [-0.1, -0.05) is 0 Å². The van der Waals surface area contributed by atoms with Crippen LogP contribution in [0.5, 0.6) is 0 Å². The number of amides is 2. The molecule has 0 bridgehead atoms. The van der Waals surface area contributed by atoms with Gasteiger partial charge in [-0.05, 0) is 45.7 Å². The molecule has 2 aliphatic rings. The van der Waals surface area contributed by atoms with Gasteiger partial charge in [0.15, 0.2) is 0 Å². The number of nitrogens with one attached hydrogen (secondary N) is 2. The molecule has 6 heteroatoms. The summed E-state index contributed by atoms with van der Waals surface area (Å²) in [7, 11) is 0. The zero-order chi connectivity index (χ0) is 13.8. The van der Waals surface area contributed by atoms with Crippen LogP contribution in [0.1, 0.15) is 32.6 Å². The van der Waals surface area contributed by atoms with Crippen molar-refractivity contribution in [2.75, 3.05) is 19.6 Å². The third kappa shape index (κ3) is 3.59. The van der Waals surface area contributed by atoms with E-state index < -0.39 is 5.97 Å². The molecule has 0 saturated carbocycles. The van der Waals surface area contributed by atoms with Crippen LogP contribution in [-0.2, 0) is 4.79 Å². The van der Waals surface area contributed by atoms with Crippen LogP contribution >= 0.6 is 0 Å². The second-order valence-electron chi connectivity index (χ2n) is 5.58. The number of aliphatic carboxylic acids is 1. The molecule has 2 rings (SSSR count). The van der Waals surface area contributed by atoms with E-state index in [1.165, 1.54) is 0 Å². The minimum atomic E-state index is -0.745. The SMILES string of the molecule is CC1CC(C(=O)O)CCN1C(=O)NC1CCNCC1. The number of carbonyl (C=O) groups is 2. The summed E-state index contributed by atoms with van der Waals surface area (Å²) in [5, 5.41) is 15.3. The molecule has 0 aromatic heterocycles. The van der Waals surface area contributed by atoms with Crippen molar-refractivity contribution in [3.8, 4) is 0 Å². The van der Waals surface area contributed by atoms with E-state index in [1.54, 1.807) is 4.90 Å². The summed E-state index contributed by atoms with van der Waals surface area (Å²) in [6.45, 7) is 4.36. The molecule has 2 atom stereocenters. The largest absolute Gasteiger partial charge is 0.481 e. The highest BCUT2D eigenvalue weighted by Gasteiger charge is 2.32. The van der Waals surface area contributed by atoms with Crippen LogP contribution in [0.25, 0.3) is 0 Å². The Morgan fingerprint density at radius 2 is 1.95 bits per heavy atom. The van der Waals surface area contributed by atoms with E-state index in [0.29, 0.717) is 19.4 Å². The van der Waals surface area contributed by atoms with Crippen molar-refractivity contribution in [3.05, 3.63) is 0 Å². The molecular formula is C13H23N3O3. The van der Waals surface area contributed by atoms with E-state index >= 15 is 0 Å². The first-order chi connectivity index (χ1) is 9.08. The normalized spacial score (nSPS) is 29.0. The van der Waals surface area contributed by atoms with Crippen LogP contribution in [0.15, 0.2) is 0 Å². The minimum Gasteiger partial charge on any atom is -0.481 e. The monoisotopic (exact) mass is 269 g/mol. The van der Waals surface area contributed by atoms with Gasteiger partial charge in [-0.15, -0.1) is 0 Å².